The van der Waals surface area contributed by atoms with Gasteiger partial charge in [0.25, 0.3) is 16.7 Å². The van der Waals surface area contributed by atoms with E-state index in [4.69, 9.17) is 9.31 Å². The highest BCUT2D eigenvalue weighted by Crippen LogP contribution is 2.36. The number of benzene rings is 1. The Kier molecular flexibility index (Phi) is 11.8. The average Bonchev–Trinajstić information content (AvgIpc) is 3.47. The number of nitrogens with one attached hydrogen (secondary N) is 2. The van der Waals surface area contributed by atoms with Crippen molar-refractivity contribution in [3.8, 4) is 16.9 Å². The zero-order valence-corrected chi connectivity index (χ0v) is 36.2. The molecule has 1 aliphatic heterocycles. The van der Waals surface area contributed by atoms with Gasteiger partial charge in [0, 0.05) is 61.5 Å². The summed E-state index contributed by atoms with van der Waals surface area (Å²) in [5.74, 6) is 0.218. The normalized spacial score (nSPS) is 14.2. The minimum absolute atomic E-state index is 0.0461. The molecule has 63 heavy (non-hydrogen) atoms. The number of rotatable bonds is 8. The number of hydrogen-bond donors (Lipinski definition) is 2. The van der Waals surface area contributed by atoms with E-state index in [1.54, 1.807) is 69.1 Å². The van der Waals surface area contributed by atoms with Crippen molar-refractivity contribution in [2.75, 3.05) is 10.6 Å². The van der Waals surface area contributed by atoms with Gasteiger partial charge in [0.15, 0.2) is 12.1 Å². The number of aldehydes is 1. The molecule has 0 radical (unpaired) electrons. The van der Waals surface area contributed by atoms with Crippen molar-refractivity contribution < 1.29 is 18.5 Å². The number of carbonyl (C=O) groups excluding carboxylic acids is 1. The Labute approximate surface area is 361 Å². The van der Waals surface area contributed by atoms with E-state index in [2.05, 4.69) is 40.7 Å². The SMILES string of the molecule is Cn1cc(-c2ccnc(-n3ncc4cc(C(C)(C)C)cc(F)c4c3=O)c2C=O)cc(Nc2ccncn2)c1=O.Cn1cc(B2OC(C)(C)C(C)(C)O2)cc(Nc2ccncn2)c1=O. The number of halogens is 1. The quantitative estimate of drug-likeness (QED) is 0.150. The molecule has 0 spiro atoms. The Balaban J connectivity index is 0.000000212. The number of carbonyl (C=O) groups is 1. The summed E-state index contributed by atoms with van der Waals surface area (Å²) in [6, 6.07) is 11.3. The van der Waals surface area contributed by atoms with E-state index in [0.29, 0.717) is 40.1 Å². The first kappa shape index (κ1) is 43.8. The molecule has 1 saturated heterocycles. The highest BCUT2D eigenvalue weighted by molar-refractivity contribution is 6.62. The summed E-state index contributed by atoms with van der Waals surface area (Å²) in [7, 11) is 2.74. The van der Waals surface area contributed by atoms with Gasteiger partial charge >= 0.3 is 7.12 Å². The Hall–Kier alpha value is -7.25. The maximum atomic E-state index is 15.2. The van der Waals surface area contributed by atoms with Crippen molar-refractivity contribution in [2.45, 2.75) is 65.1 Å². The van der Waals surface area contributed by atoms with Gasteiger partial charge in [0.2, 0.25) is 0 Å². The maximum absolute atomic E-state index is 15.2. The number of aromatic nitrogens is 9. The number of hydrogen-bond acceptors (Lipinski definition) is 14. The van der Waals surface area contributed by atoms with Crippen LogP contribution in [-0.2, 0) is 28.8 Å². The van der Waals surface area contributed by atoms with Gasteiger partial charge in [-0.3, -0.25) is 19.2 Å². The van der Waals surface area contributed by atoms with Crippen LogP contribution in [0.25, 0.3) is 27.7 Å². The Morgan fingerprint density at radius 2 is 1.35 bits per heavy atom. The molecule has 322 valence electrons. The predicted molar refractivity (Wildman–Crippen MR) is 238 cm³/mol. The third kappa shape index (κ3) is 8.91. The zero-order valence-electron chi connectivity index (χ0n) is 36.2. The predicted octanol–water partition coefficient (Wildman–Crippen LogP) is 5.15. The molecule has 19 heteroatoms. The van der Waals surface area contributed by atoms with Crippen molar-refractivity contribution in [2.24, 2.45) is 14.1 Å². The zero-order chi connectivity index (χ0) is 45.4. The van der Waals surface area contributed by atoms with Crippen LogP contribution in [0.4, 0.5) is 27.4 Å². The fourth-order valence-electron chi connectivity index (χ4n) is 6.71. The summed E-state index contributed by atoms with van der Waals surface area (Å²) in [5.41, 5.74) is 0.613. The smallest absolute Gasteiger partial charge is 0.399 e. The summed E-state index contributed by atoms with van der Waals surface area (Å²) in [4.78, 5) is 71.1. The minimum Gasteiger partial charge on any atom is -0.399 e. The molecule has 0 amide bonds. The van der Waals surface area contributed by atoms with Gasteiger partial charge < -0.3 is 29.1 Å². The van der Waals surface area contributed by atoms with Crippen LogP contribution in [-0.4, -0.2) is 68.4 Å². The first-order valence-electron chi connectivity index (χ1n) is 19.8. The Morgan fingerprint density at radius 1 is 0.762 bits per heavy atom. The molecular formula is C44H45BFN11O6. The Morgan fingerprint density at radius 3 is 1.90 bits per heavy atom. The molecule has 1 aliphatic rings. The van der Waals surface area contributed by atoms with Crippen LogP contribution >= 0.6 is 0 Å². The van der Waals surface area contributed by atoms with E-state index in [0.717, 1.165) is 15.7 Å². The number of fused-ring (bicyclic) bond motifs is 1. The second-order valence-corrected chi connectivity index (χ2v) is 16.9. The standard InChI is InChI=1S/C28H24FN7O3.C16H21BN4O3/c1-28(2,3)18-9-16-12-33-36(27(39)24(16)21(29)11-18)25-20(14-37)19(5-8-31-25)17-10-22(26(38)35(4)13-17)34-23-6-7-30-15-32-23;1-15(2)16(3,4)24-17(23-15)11-8-12(14(22)21(5)9-11)20-13-6-7-18-10-19-13/h5-15H,1-4H3,(H,30,32,34);6-10H,1-5H3,(H,18,19,20). The van der Waals surface area contributed by atoms with Crippen molar-refractivity contribution in [1.82, 2.24) is 43.8 Å². The third-order valence-electron chi connectivity index (χ3n) is 10.9. The molecular weight excluding hydrogens is 808 g/mol. The van der Waals surface area contributed by atoms with Crippen LogP contribution in [0.15, 0.2) is 107 Å². The monoisotopic (exact) mass is 853 g/mol. The summed E-state index contributed by atoms with van der Waals surface area (Å²) < 4.78 is 31.1. The molecule has 1 fully saturated rings. The molecule has 7 heterocycles. The van der Waals surface area contributed by atoms with Gasteiger partial charge in [-0.1, -0.05) is 20.8 Å². The van der Waals surface area contributed by atoms with E-state index in [9.17, 15) is 19.2 Å². The lowest BCUT2D eigenvalue weighted by molar-refractivity contribution is 0.00578. The van der Waals surface area contributed by atoms with Crippen LogP contribution in [0.3, 0.4) is 0 Å². The molecule has 2 N–H and O–H groups in total. The molecule has 0 unspecified atom stereocenters. The van der Waals surface area contributed by atoms with Crippen LogP contribution in [0.1, 0.15) is 64.4 Å². The largest absolute Gasteiger partial charge is 0.496 e. The molecule has 0 bridgehead atoms. The van der Waals surface area contributed by atoms with E-state index >= 15 is 4.39 Å². The van der Waals surface area contributed by atoms with Gasteiger partial charge in [-0.25, -0.2) is 29.3 Å². The van der Waals surface area contributed by atoms with E-state index in [-0.39, 0.29) is 39.0 Å². The average molecular weight is 854 g/mol. The fraction of sp³-hybridized carbons (Fsp3) is 0.273. The van der Waals surface area contributed by atoms with Gasteiger partial charge in [-0.15, -0.1) is 0 Å². The van der Waals surface area contributed by atoms with Crippen LogP contribution < -0.4 is 32.8 Å². The highest BCUT2D eigenvalue weighted by Gasteiger charge is 2.52. The lowest BCUT2D eigenvalue weighted by Gasteiger charge is -2.32. The van der Waals surface area contributed by atoms with Crippen LogP contribution in [0.5, 0.6) is 0 Å². The fourth-order valence-corrected chi connectivity index (χ4v) is 6.71. The first-order chi connectivity index (χ1) is 29.8. The summed E-state index contributed by atoms with van der Waals surface area (Å²) in [6.45, 7) is 13.8. The van der Waals surface area contributed by atoms with Crippen LogP contribution in [0, 0.1) is 5.82 Å². The summed E-state index contributed by atoms with van der Waals surface area (Å²) in [6.07, 6.45) is 12.5. The molecule has 0 atom stereocenters. The molecule has 0 aliphatic carbocycles. The van der Waals surface area contributed by atoms with E-state index in [1.807, 2.05) is 48.5 Å². The van der Waals surface area contributed by atoms with Crippen molar-refractivity contribution in [3.05, 3.63) is 140 Å². The first-order valence-corrected chi connectivity index (χ1v) is 19.8. The molecule has 8 rings (SSSR count). The minimum atomic E-state index is -0.746. The van der Waals surface area contributed by atoms with Crippen LogP contribution in [0.2, 0.25) is 0 Å². The third-order valence-corrected chi connectivity index (χ3v) is 10.9. The van der Waals surface area contributed by atoms with Crippen molar-refractivity contribution in [3.63, 3.8) is 0 Å². The van der Waals surface area contributed by atoms with E-state index in [1.165, 1.54) is 46.4 Å². The molecule has 17 nitrogen and oxygen atoms in total. The molecule has 0 saturated carbocycles. The van der Waals surface area contributed by atoms with Gasteiger partial charge in [0.1, 0.15) is 41.5 Å². The van der Waals surface area contributed by atoms with Gasteiger partial charge in [-0.2, -0.15) is 9.78 Å². The summed E-state index contributed by atoms with van der Waals surface area (Å²) >= 11 is 0. The maximum Gasteiger partial charge on any atom is 0.496 e. The highest BCUT2D eigenvalue weighted by atomic mass is 19.1. The van der Waals surface area contributed by atoms with Gasteiger partial charge in [0.05, 0.1) is 28.3 Å². The van der Waals surface area contributed by atoms with Crippen molar-refractivity contribution >= 4 is 52.7 Å². The second kappa shape index (κ2) is 16.9. The lowest BCUT2D eigenvalue weighted by atomic mass is 9.80. The molecule has 7 aromatic rings. The number of nitrogens with zero attached hydrogens (tertiary/aromatic N) is 9. The number of aryl methyl sites for hydroxylation is 2. The Bertz CT molecular complexity index is 3030. The second-order valence-electron chi connectivity index (χ2n) is 16.9. The topological polar surface area (TPSA) is 203 Å². The van der Waals surface area contributed by atoms with Gasteiger partial charge in [-0.05, 0) is 86.7 Å². The number of anilines is 4. The lowest BCUT2D eigenvalue weighted by Crippen LogP contribution is -2.41. The molecule has 1 aromatic carbocycles. The van der Waals surface area contributed by atoms with Crippen molar-refractivity contribution in [1.29, 1.82) is 0 Å². The summed E-state index contributed by atoms with van der Waals surface area (Å²) in [5, 5.41) is 10.4. The number of pyridine rings is 3. The van der Waals surface area contributed by atoms with E-state index < -0.39 is 29.7 Å². The molecule has 6 aromatic heterocycles.